The number of carboxylic acids is 1. The zero-order valence-corrected chi connectivity index (χ0v) is 34.7. The van der Waals surface area contributed by atoms with Crippen LogP contribution in [0.1, 0.15) is 82.8 Å². The van der Waals surface area contributed by atoms with Gasteiger partial charge in [0.25, 0.3) is 0 Å². The van der Waals surface area contributed by atoms with Crippen molar-refractivity contribution in [3.8, 4) is 5.75 Å². The molecule has 0 radical (unpaired) electrons. The molecule has 0 aliphatic heterocycles. The summed E-state index contributed by atoms with van der Waals surface area (Å²) in [6, 6.07) is 7.59. The first-order valence-electron chi connectivity index (χ1n) is 17.7. The molecular formula is C37H50I2N6O9. The third-order valence-electron chi connectivity index (χ3n) is 8.75. The molecule has 2 rings (SSSR count). The quantitative estimate of drug-likeness (QED) is 0.0567. The van der Waals surface area contributed by atoms with Gasteiger partial charge in [-0.1, -0.05) is 69.9 Å². The average molecular weight is 977 g/mol. The number of nitrogens with one attached hydrogen (secondary N) is 4. The Morgan fingerprint density at radius 1 is 0.704 bits per heavy atom. The number of aromatic hydroxyl groups is 1. The average Bonchev–Trinajstić information content (AvgIpc) is 3.11. The summed E-state index contributed by atoms with van der Waals surface area (Å²) in [5, 5.41) is 30.0. The molecule has 5 atom stereocenters. The molecule has 15 nitrogen and oxygen atoms in total. The molecule has 0 saturated carbocycles. The van der Waals surface area contributed by atoms with Gasteiger partial charge >= 0.3 is 5.97 Å². The monoisotopic (exact) mass is 976 g/mol. The van der Waals surface area contributed by atoms with Crippen LogP contribution in [-0.4, -0.2) is 75.8 Å². The molecule has 17 heteroatoms. The summed E-state index contributed by atoms with van der Waals surface area (Å²) in [4.78, 5) is 87.3. The minimum absolute atomic E-state index is 0.00808. The highest BCUT2D eigenvalue weighted by Gasteiger charge is 2.30. The number of phenols is 1. The van der Waals surface area contributed by atoms with E-state index in [-0.39, 0.29) is 43.3 Å². The number of carbonyl (C=O) groups is 7. The second kappa shape index (κ2) is 23.7. The number of hydrogen-bond acceptors (Lipinski definition) is 8. The lowest BCUT2D eigenvalue weighted by atomic mass is 9.97. The van der Waals surface area contributed by atoms with Gasteiger partial charge in [0.1, 0.15) is 29.9 Å². The normalized spacial score (nSPS) is 13.7. The van der Waals surface area contributed by atoms with E-state index in [1.165, 1.54) is 0 Å². The van der Waals surface area contributed by atoms with Gasteiger partial charge in [0.05, 0.1) is 13.6 Å². The minimum atomic E-state index is -1.33. The molecule has 0 aromatic heterocycles. The van der Waals surface area contributed by atoms with Gasteiger partial charge in [0, 0.05) is 25.7 Å². The van der Waals surface area contributed by atoms with Gasteiger partial charge in [-0.3, -0.25) is 28.8 Å². The van der Waals surface area contributed by atoms with Crippen molar-refractivity contribution in [3.63, 3.8) is 0 Å². The Kier molecular flexibility index (Phi) is 20.3. The van der Waals surface area contributed by atoms with Crippen LogP contribution >= 0.6 is 45.2 Å². The standard InChI is InChI=1S/C37H50I2N6O9/c1-3-21(2)32(36(52)43-26(34(41)50)19-23-16-24(38)33(49)25(39)17-23)45-31(48)15-11-6-4-5-10-14-30(47)42-27(20-29(40)46)35(51)44-28(37(53)54)18-22-12-8-7-9-13-22/h7-9,12-13,16-17,21,26-28,32,49H,3-6,10-11,14-15,18-20H2,1-2H3,(H2,40,46)(H2,41,50)(H,42,47)(H,43,52)(H,44,51)(H,45,48)(H,53,54)/t21-,26+,27+,28+,32+/m1/s1. The summed E-state index contributed by atoms with van der Waals surface area (Å²) >= 11 is 3.96. The van der Waals surface area contributed by atoms with E-state index < -0.39 is 66.1 Å². The van der Waals surface area contributed by atoms with Gasteiger partial charge in [-0.2, -0.15) is 0 Å². The number of nitrogens with two attached hydrogens (primary N) is 2. The van der Waals surface area contributed by atoms with Gasteiger partial charge < -0.3 is 42.9 Å². The molecule has 0 fully saturated rings. The molecule has 10 N–H and O–H groups in total. The van der Waals surface area contributed by atoms with E-state index in [1.54, 1.807) is 42.5 Å². The Morgan fingerprint density at radius 3 is 1.74 bits per heavy atom. The highest BCUT2D eigenvalue weighted by molar-refractivity contribution is 14.1. The van der Waals surface area contributed by atoms with Gasteiger partial charge in [0.2, 0.25) is 35.4 Å². The van der Waals surface area contributed by atoms with E-state index in [0.29, 0.717) is 56.8 Å². The number of carboxylic acid groups (broad SMARTS) is 1. The summed E-state index contributed by atoms with van der Waals surface area (Å²) in [7, 11) is 0. The summed E-state index contributed by atoms with van der Waals surface area (Å²) in [6.45, 7) is 3.71. The molecule has 0 saturated heterocycles. The van der Waals surface area contributed by atoms with Crippen molar-refractivity contribution in [2.24, 2.45) is 17.4 Å². The Morgan fingerprint density at radius 2 is 1.22 bits per heavy atom. The fourth-order valence-corrected chi connectivity index (χ4v) is 7.40. The predicted octanol–water partition coefficient (Wildman–Crippen LogP) is 2.55. The summed E-state index contributed by atoms with van der Waals surface area (Å²) in [5.74, 6) is -5.10. The van der Waals surface area contributed by atoms with E-state index in [1.807, 2.05) is 59.0 Å². The maximum atomic E-state index is 13.3. The van der Waals surface area contributed by atoms with Crippen molar-refractivity contribution in [2.75, 3.05) is 0 Å². The van der Waals surface area contributed by atoms with Crippen LogP contribution in [0.2, 0.25) is 0 Å². The first-order chi connectivity index (χ1) is 25.5. The second-order valence-corrected chi connectivity index (χ2v) is 15.5. The lowest BCUT2D eigenvalue weighted by Crippen LogP contribution is -2.55. The number of hydrogen-bond donors (Lipinski definition) is 8. The lowest BCUT2D eigenvalue weighted by molar-refractivity contribution is -0.142. The van der Waals surface area contributed by atoms with Crippen LogP contribution in [-0.2, 0) is 46.4 Å². The van der Waals surface area contributed by atoms with E-state index in [0.717, 1.165) is 0 Å². The largest absolute Gasteiger partial charge is 0.506 e. The molecule has 0 aliphatic carbocycles. The molecule has 296 valence electrons. The second-order valence-electron chi connectivity index (χ2n) is 13.2. The topological polar surface area (TPSA) is 260 Å². The number of carbonyl (C=O) groups excluding carboxylic acids is 6. The van der Waals surface area contributed by atoms with Crippen LogP contribution in [0.15, 0.2) is 42.5 Å². The smallest absolute Gasteiger partial charge is 0.326 e. The number of phenolic OH excluding ortho intramolecular Hbond substituents is 1. The third-order valence-corrected chi connectivity index (χ3v) is 10.4. The van der Waals surface area contributed by atoms with Crippen LogP contribution in [0.25, 0.3) is 0 Å². The first kappa shape index (κ1) is 46.1. The predicted molar refractivity (Wildman–Crippen MR) is 218 cm³/mol. The number of unbranched alkanes of at least 4 members (excludes halogenated alkanes) is 4. The van der Waals surface area contributed by atoms with Crippen LogP contribution in [0.3, 0.4) is 0 Å². The zero-order chi connectivity index (χ0) is 40.4. The van der Waals surface area contributed by atoms with Crippen LogP contribution < -0.4 is 32.7 Å². The number of primary amides is 2. The van der Waals surface area contributed by atoms with E-state index in [9.17, 15) is 43.8 Å². The fourth-order valence-electron chi connectivity index (χ4n) is 5.50. The fraction of sp³-hybridized carbons (Fsp3) is 0.486. The molecule has 2 aromatic carbocycles. The number of benzene rings is 2. The van der Waals surface area contributed by atoms with Crippen molar-refractivity contribution in [2.45, 2.75) is 109 Å². The van der Waals surface area contributed by atoms with Crippen LogP contribution in [0.5, 0.6) is 5.75 Å². The van der Waals surface area contributed by atoms with Gasteiger partial charge in [-0.05, 0) is 87.2 Å². The Bertz CT molecular complexity index is 1610. The number of amides is 6. The molecule has 54 heavy (non-hydrogen) atoms. The molecule has 6 amide bonds. The zero-order valence-electron chi connectivity index (χ0n) is 30.4. The first-order valence-corrected chi connectivity index (χ1v) is 19.9. The van der Waals surface area contributed by atoms with Crippen LogP contribution in [0.4, 0.5) is 0 Å². The number of aliphatic carboxylic acids is 1. The van der Waals surface area contributed by atoms with Crippen molar-refractivity contribution < 1.29 is 43.8 Å². The Balaban J connectivity index is 1.80. The molecule has 0 bridgehead atoms. The molecular weight excluding hydrogens is 926 g/mol. The van der Waals surface area contributed by atoms with E-state index >= 15 is 0 Å². The van der Waals surface area contributed by atoms with Crippen LogP contribution in [0, 0.1) is 13.1 Å². The van der Waals surface area contributed by atoms with Gasteiger partial charge in [-0.15, -0.1) is 0 Å². The van der Waals surface area contributed by atoms with Gasteiger partial charge in [-0.25, -0.2) is 4.79 Å². The summed E-state index contributed by atoms with van der Waals surface area (Å²) < 4.78 is 1.19. The number of rotatable bonds is 24. The minimum Gasteiger partial charge on any atom is -0.506 e. The maximum Gasteiger partial charge on any atom is 0.326 e. The van der Waals surface area contributed by atoms with E-state index in [2.05, 4.69) is 21.3 Å². The lowest BCUT2D eigenvalue weighted by Gasteiger charge is -2.26. The summed E-state index contributed by atoms with van der Waals surface area (Å²) in [6.07, 6.45) is 3.45. The highest BCUT2D eigenvalue weighted by Crippen LogP contribution is 2.28. The van der Waals surface area contributed by atoms with Crippen molar-refractivity contribution in [1.82, 2.24) is 21.3 Å². The maximum absolute atomic E-state index is 13.3. The van der Waals surface area contributed by atoms with Crippen molar-refractivity contribution in [1.29, 1.82) is 0 Å². The molecule has 0 unspecified atom stereocenters. The Hall–Kier alpha value is -4.01. The summed E-state index contributed by atoms with van der Waals surface area (Å²) in [5.41, 5.74) is 12.3. The third kappa shape index (κ3) is 16.6. The number of halogens is 2. The van der Waals surface area contributed by atoms with Gasteiger partial charge in [0.15, 0.2) is 0 Å². The molecule has 0 spiro atoms. The SMILES string of the molecule is CC[C@@H](C)[C@H](NC(=O)CCCCCCCC(=O)N[C@@H](CC(N)=O)C(=O)N[C@@H](Cc1ccccc1)C(=O)O)C(=O)N[C@@H](Cc1cc(I)c(O)c(I)c1)C(N)=O. The van der Waals surface area contributed by atoms with Crippen molar-refractivity contribution in [3.05, 3.63) is 60.7 Å². The molecule has 0 aliphatic rings. The van der Waals surface area contributed by atoms with E-state index in [4.69, 9.17) is 11.5 Å². The Labute approximate surface area is 342 Å². The molecule has 0 heterocycles. The van der Waals surface area contributed by atoms with Crippen molar-refractivity contribution >= 4 is 86.6 Å². The highest BCUT2D eigenvalue weighted by atomic mass is 127. The molecule has 2 aromatic rings.